The summed E-state index contributed by atoms with van der Waals surface area (Å²) >= 11 is 0. The molecule has 1 aromatic rings. The Balaban J connectivity index is 2.21. The lowest BCUT2D eigenvalue weighted by Gasteiger charge is -2.32. The monoisotopic (exact) mass is 219 g/mol. The zero-order valence-electron chi connectivity index (χ0n) is 11.0. The molecule has 0 saturated heterocycles. The first kappa shape index (κ1) is 11.8. The molecule has 0 aliphatic heterocycles. The third-order valence-electron chi connectivity index (χ3n) is 4.27. The van der Waals surface area contributed by atoms with Crippen LogP contribution >= 0.6 is 0 Å². The first-order valence-corrected chi connectivity index (χ1v) is 6.88. The molecule has 0 spiro atoms. The third-order valence-corrected chi connectivity index (χ3v) is 4.27. The molecule has 0 aromatic carbocycles. The Kier molecular flexibility index (Phi) is 3.73. The molecular weight excluding hydrogens is 194 g/mol. The minimum Gasteiger partial charge on any atom is -0.346 e. The first-order valence-electron chi connectivity index (χ1n) is 6.88. The minimum absolute atomic E-state index is 0.746. The van der Waals surface area contributed by atoms with Crippen LogP contribution in [0.25, 0.3) is 0 Å². The summed E-state index contributed by atoms with van der Waals surface area (Å²) in [5.41, 5.74) is 2.88. The maximum Gasteiger partial charge on any atom is 0.0361 e. The molecule has 1 fully saturated rings. The van der Waals surface area contributed by atoms with Crippen molar-refractivity contribution in [1.29, 1.82) is 0 Å². The second-order valence-electron chi connectivity index (χ2n) is 5.36. The summed E-state index contributed by atoms with van der Waals surface area (Å²) in [5.74, 6) is 0.920. The van der Waals surface area contributed by atoms with Gasteiger partial charge in [0, 0.05) is 17.4 Å². The van der Waals surface area contributed by atoms with Crippen molar-refractivity contribution in [2.24, 2.45) is 5.92 Å². The van der Waals surface area contributed by atoms with Gasteiger partial charge >= 0.3 is 0 Å². The van der Waals surface area contributed by atoms with Gasteiger partial charge in [0.15, 0.2) is 0 Å². The zero-order valence-corrected chi connectivity index (χ0v) is 11.0. The lowest BCUT2D eigenvalue weighted by molar-refractivity contribution is 0.239. The molecule has 0 radical (unpaired) electrons. The van der Waals surface area contributed by atoms with Crippen LogP contribution in [0.1, 0.15) is 62.9 Å². The Hall–Kier alpha value is -0.720. The Morgan fingerprint density at radius 1 is 1.12 bits per heavy atom. The molecule has 0 bridgehead atoms. The molecule has 90 valence electrons. The van der Waals surface area contributed by atoms with Gasteiger partial charge in [0.05, 0.1) is 0 Å². The number of aromatic nitrogens is 1. The molecular formula is C15H25N. The van der Waals surface area contributed by atoms with Crippen LogP contribution in [-0.4, -0.2) is 4.57 Å². The van der Waals surface area contributed by atoms with Gasteiger partial charge in [-0.05, 0) is 51.2 Å². The quantitative estimate of drug-likeness (QED) is 0.698. The van der Waals surface area contributed by atoms with E-state index < -0.39 is 0 Å². The molecule has 1 nitrogen and oxygen atoms in total. The van der Waals surface area contributed by atoms with E-state index in [1.807, 2.05) is 0 Å². The van der Waals surface area contributed by atoms with Crippen LogP contribution in [0.2, 0.25) is 0 Å². The summed E-state index contributed by atoms with van der Waals surface area (Å²) in [6, 6.07) is 5.28. The highest BCUT2D eigenvalue weighted by molar-refractivity contribution is 5.15. The zero-order chi connectivity index (χ0) is 11.5. The Morgan fingerprint density at radius 3 is 2.19 bits per heavy atom. The molecule has 1 heteroatoms. The molecule has 1 aliphatic rings. The molecule has 16 heavy (non-hydrogen) atoms. The van der Waals surface area contributed by atoms with Gasteiger partial charge in [-0.3, -0.25) is 0 Å². The van der Waals surface area contributed by atoms with Crippen molar-refractivity contribution < 1.29 is 0 Å². The van der Waals surface area contributed by atoms with Gasteiger partial charge in [-0.15, -0.1) is 0 Å². The van der Waals surface area contributed by atoms with E-state index in [9.17, 15) is 0 Å². The van der Waals surface area contributed by atoms with Crippen molar-refractivity contribution in [1.82, 2.24) is 4.57 Å². The lowest BCUT2D eigenvalue weighted by atomic mass is 9.82. The highest BCUT2D eigenvalue weighted by Crippen LogP contribution is 2.36. The maximum atomic E-state index is 2.58. The second kappa shape index (κ2) is 5.07. The molecule has 1 saturated carbocycles. The largest absolute Gasteiger partial charge is 0.346 e. The van der Waals surface area contributed by atoms with E-state index in [2.05, 4.69) is 37.5 Å². The summed E-state index contributed by atoms with van der Waals surface area (Å²) in [4.78, 5) is 0. The van der Waals surface area contributed by atoms with E-state index in [1.165, 1.54) is 49.9 Å². The Labute approximate surface area is 99.9 Å². The molecule has 1 heterocycles. The SMILES string of the molecule is CCC(C1CCCCC1)n1c(C)ccc1C. The van der Waals surface area contributed by atoms with Crippen molar-refractivity contribution in [3.63, 3.8) is 0 Å². The van der Waals surface area contributed by atoms with Crippen LogP contribution in [0.4, 0.5) is 0 Å². The van der Waals surface area contributed by atoms with E-state index in [0.717, 1.165) is 12.0 Å². The summed E-state index contributed by atoms with van der Waals surface area (Å²) < 4.78 is 2.58. The predicted octanol–water partition coefficient (Wildman–Crippen LogP) is 4.64. The first-order chi connectivity index (χ1) is 7.74. The normalized spacial score (nSPS) is 19.9. The van der Waals surface area contributed by atoms with E-state index in [1.54, 1.807) is 0 Å². The maximum absolute atomic E-state index is 2.58. The topological polar surface area (TPSA) is 4.93 Å². The number of rotatable bonds is 3. The van der Waals surface area contributed by atoms with Gasteiger partial charge in [0.1, 0.15) is 0 Å². The van der Waals surface area contributed by atoms with Crippen LogP contribution < -0.4 is 0 Å². The standard InChI is InChI=1S/C15H25N/c1-4-15(14-8-6-5-7-9-14)16-12(2)10-11-13(16)3/h10-11,14-15H,4-9H2,1-3H3. The summed E-state index contributed by atoms with van der Waals surface area (Å²) in [7, 11) is 0. The lowest BCUT2D eigenvalue weighted by Crippen LogP contribution is -2.22. The Morgan fingerprint density at radius 2 is 1.69 bits per heavy atom. The highest BCUT2D eigenvalue weighted by Gasteiger charge is 2.24. The van der Waals surface area contributed by atoms with Crippen LogP contribution in [0.15, 0.2) is 12.1 Å². The molecule has 0 amide bonds. The molecule has 1 unspecified atom stereocenters. The molecule has 0 N–H and O–H groups in total. The van der Waals surface area contributed by atoms with Crippen molar-refractivity contribution in [3.05, 3.63) is 23.5 Å². The molecule has 1 aliphatic carbocycles. The van der Waals surface area contributed by atoms with E-state index in [4.69, 9.17) is 0 Å². The van der Waals surface area contributed by atoms with Gasteiger partial charge in [0.25, 0.3) is 0 Å². The third kappa shape index (κ3) is 2.18. The molecule has 2 rings (SSSR count). The number of aryl methyl sites for hydroxylation is 2. The van der Waals surface area contributed by atoms with Crippen LogP contribution in [0, 0.1) is 19.8 Å². The van der Waals surface area contributed by atoms with Gasteiger partial charge in [0.2, 0.25) is 0 Å². The van der Waals surface area contributed by atoms with Crippen molar-refractivity contribution in [2.45, 2.75) is 65.3 Å². The highest BCUT2D eigenvalue weighted by atomic mass is 15.0. The van der Waals surface area contributed by atoms with Crippen molar-refractivity contribution in [2.75, 3.05) is 0 Å². The van der Waals surface area contributed by atoms with Crippen LogP contribution in [-0.2, 0) is 0 Å². The summed E-state index contributed by atoms with van der Waals surface area (Å²) in [5, 5.41) is 0. The summed E-state index contributed by atoms with van der Waals surface area (Å²) in [6.07, 6.45) is 8.50. The second-order valence-corrected chi connectivity index (χ2v) is 5.36. The fourth-order valence-electron chi connectivity index (χ4n) is 3.45. The van der Waals surface area contributed by atoms with Crippen LogP contribution in [0.3, 0.4) is 0 Å². The number of hydrogen-bond donors (Lipinski definition) is 0. The predicted molar refractivity (Wildman–Crippen MR) is 69.8 cm³/mol. The van der Waals surface area contributed by atoms with Crippen molar-refractivity contribution >= 4 is 0 Å². The van der Waals surface area contributed by atoms with E-state index >= 15 is 0 Å². The van der Waals surface area contributed by atoms with Gasteiger partial charge in [-0.1, -0.05) is 26.2 Å². The number of hydrogen-bond acceptors (Lipinski definition) is 0. The fraction of sp³-hybridized carbons (Fsp3) is 0.733. The Bertz CT molecular complexity index is 312. The number of nitrogens with zero attached hydrogens (tertiary/aromatic N) is 1. The molecule has 1 aromatic heterocycles. The summed E-state index contributed by atoms with van der Waals surface area (Å²) in [6.45, 7) is 6.84. The van der Waals surface area contributed by atoms with E-state index in [0.29, 0.717) is 0 Å². The van der Waals surface area contributed by atoms with Gasteiger partial charge in [-0.25, -0.2) is 0 Å². The fourth-order valence-corrected chi connectivity index (χ4v) is 3.45. The minimum atomic E-state index is 0.746. The van der Waals surface area contributed by atoms with Gasteiger partial charge in [-0.2, -0.15) is 0 Å². The van der Waals surface area contributed by atoms with E-state index in [-0.39, 0.29) is 0 Å². The smallest absolute Gasteiger partial charge is 0.0361 e. The van der Waals surface area contributed by atoms with Gasteiger partial charge < -0.3 is 4.57 Å². The molecule has 1 atom stereocenters. The average molecular weight is 219 g/mol. The van der Waals surface area contributed by atoms with Crippen LogP contribution in [0.5, 0.6) is 0 Å². The average Bonchev–Trinajstić information content (AvgIpc) is 2.63. The van der Waals surface area contributed by atoms with Crippen molar-refractivity contribution in [3.8, 4) is 0 Å².